The predicted molar refractivity (Wildman–Crippen MR) is 219 cm³/mol. The summed E-state index contributed by atoms with van der Waals surface area (Å²) in [6.45, 7) is 0. The lowest BCUT2D eigenvalue weighted by atomic mass is 9.97. The van der Waals surface area contributed by atoms with Gasteiger partial charge in [-0.25, -0.2) is 9.97 Å². The zero-order valence-electron chi connectivity index (χ0n) is 28.8. The van der Waals surface area contributed by atoms with Crippen molar-refractivity contribution in [2.45, 2.75) is 0 Å². The SMILES string of the molecule is c1ccc(-c2ccc(-c3cc(-c4ccccc4)nc(-c4cccc5oc6ccc(-c7ccc(-c8ccc9ccccc9c8)cc7)cc6c45)n3)cc2)cc1. The largest absolute Gasteiger partial charge is 0.456 e. The van der Waals surface area contributed by atoms with Crippen LogP contribution in [0, 0.1) is 0 Å². The molecule has 0 unspecified atom stereocenters. The smallest absolute Gasteiger partial charge is 0.161 e. The minimum atomic E-state index is 0.659. The van der Waals surface area contributed by atoms with E-state index in [4.69, 9.17) is 14.4 Å². The normalized spacial score (nSPS) is 11.4. The molecule has 53 heavy (non-hydrogen) atoms. The van der Waals surface area contributed by atoms with E-state index >= 15 is 0 Å². The van der Waals surface area contributed by atoms with Crippen LogP contribution in [0.5, 0.6) is 0 Å². The molecule has 0 aliphatic rings. The zero-order chi connectivity index (χ0) is 35.1. The van der Waals surface area contributed by atoms with Crippen molar-refractivity contribution in [1.29, 1.82) is 0 Å². The van der Waals surface area contributed by atoms with Crippen molar-refractivity contribution in [2.24, 2.45) is 0 Å². The molecule has 248 valence electrons. The average molecular weight is 677 g/mol. The Morgan fingerprint density at radius 1 is 0.321 bits per heavy atom. The number of fused-ring (bicyclic) bond motifs is 4. The van der Waals surface area contributed by atoms with Gasteiger partial charge in [0.25, 0.3) is 0 Å². The van der Waals surface area contributed by atoms with Crippen LogP contribution in [-0.2, 0) is 0 Å². The molecule has 10 rings (SSSR count). The van der Waals surface area contributed by atoms with Gasteiger partial charge in [-0.2, -0.15) is 0 Å². The van der Waals surface area contributed by atoms with Gasteiger partial charge in [-0.15, -0.1) is 0 Å². The summed E-state index contributed by atoms with van der Waals surface area (Å²) < 4.78 is 6.45. The number of nitrogens with zero attached hydrogens (tertiary/aromatic N) is 2. The van der Waals surface area contributed by atoms with Crippen LogP contribution < -0.4 is 0 Å². The van der Waals surface area contributed by atoms with Gasteiger partial charge >= 0.3 is 0 Å². The van der Waals surface area contributed by atoms with E-state index in [1.165, 1.54) is 33.0 Å². The maximum absolute atomic E-state index is 6.45. The van der Waals surface area contributed by atoms with Crippen molar-refractivity contribution >= 4 is 32.7 Å². The van der Waals surface area contributed by atoms with E-state index in [-0.39, 0.29) is 0 Å². The number of hydrogen-bond acceptors (Lipinski definition) is 3. The zero-order valence-corrected chi connectivity index (χ0v) is 28.8. The lowest BCUT2D eigenvalue weighted by molar-refractivity contribution is 0.669. The van der Waals surface area contributed by atoms with Crippen LogP contribution >= 0.6 is 0 Å². The molecule has 3 heteroatoms. The number of rotatable bonds is 6. The van der Waals surface area contributed by atoms with Crippen LogP contribution in [-0.4, -0.2) is 9.97 Å². The molecule has 2 aromatic heterocycles. The van der Waals surface area contributed by atoms with Gasteiger partial charge in [-0.05, 0) is 74.5 Å². The highest BCUT2D eigenvalue weighted by Gasteiger charge is 2.18. The standard InChI is InChI=1S/C50H32N2O/c1-3-10-33(11-4-1)35-22-25-39(26-23-35)46-32-45(38-13-5-2-6-14-38)51-50(52-46)43-16-9-17-48-49(43)44-31-42(28-29-47(44)53-48)37-20-18-36(19-21-37)41-27-24-34-12-7-8-15-40(34)30-41/h1-32H. The predicted octanol–water partition coefficient (Wildman–Crippen LogP) is 13.5. The number of hydrogen-bond donors (Lipinski definition) is 0. The minimum Gasteiger partial charge on any atom is -0.456 e. The monoisotopic (exact) mass is 676 g/mol. The van der Waals surface area contributed by atoms with Gasteiger partial charge in [0.05, 0.1) is 11.4 Å². The Balaban J connectivity index is 1.07. The Morgan fingerprint density at radius 2 is 0.830 bits per heavy atom. The van der Waals surface area contributed by atoms with Gasteiger partial charge in [0.15, 0.2) is 5.82 Å². The second kappa shape index (κ2) is 12.9. The minimum absolute atomic E-state index is 0.659. The average Bonchev–Trinajstić information content (AvgIpc) is 3.62. The molecule has 0 N–H and O–H groups in total. The van der Waals surface area contributed by atoms with Gasteiger partial charge in [0.1, 0.15) is 11.2 Å². The summed E-state index contributed by atoms with van der Waals surface area (Å²) in [5.41, 5.74) is 13.4. The molecule has 0 atom stereocenters. The molecule has 0 fully saturated rings. The van der Waals surface area contributed by atoms with Crippen molar-refractivity contribution in [1.82, 2.24) is 9.97 Å². The molecule has 10 aromatic rings. The Labute approximate surface area is 307 Å². The second-order valence-electron chi connectivity index (χ2n) is 13.4. The van der Waals surface area contributed by atoms with Gasteiger partial charge < -0.3 is 4.42 Å². The summed E-state index contributed by atoms with van der Waals surface area (Å²) in [7, 11) is 0. The summed E-state index contributed by atoms with van der Waals surface area (Å²) >= 11 is 0. The van der Waals surface area contributed by atoms with Crippen molar-refractivity contribution in [3.63, 3.8) is 0 Å². The molecule has 0 spiro atoms. The van der Waals surface area contributed by atoms with Crippen molar-refractivity contribution in [3.05, 3.63) is 194 Å². The molecular formula is C50H32N2O. The number of benzene rings is 8. The maximum Gasteiger partial charge on any atom is 0.161 e. The highest BCUT2D eigenvalue weighted by molar-refractivity contribution is 6.12. The van der Waals surface area contributed by atoms with Gasteiger partial charge in [0.2, 0.25) is 0 Å². The van der Waals surface area contributed by atoms with Crippen LogP contribution in [0.2, 0.25) is 0 Å². The topological polar surface area (TPSA) is 38.9 Å². The van der Waals surface area contributed by atoms with E-state index in [2.05, 4.69) is 158 Å². The lowest BCUT2D eigenvalue weighted by Crippen LogP contribution is -1.96. The van der Waals surface area contributed by atoms with Gasteiger partial charge in [-0.1, -0.05) is 164 Å². The molecule has 8 aromatic carbocycles. The highest BCUT2D eigenvalue weighted by atomic mass is 16.3. The first-order valence-electron chi connectivity index (χ1n) is 17.9. The molecular weight excluding hydrogens is 645 g/mol. The summed E-state index contributed by atoms with van der Waals surface area (Å²) in [5.74, 6) is 0.659. The van der Waals surface area contributed by atoms with Crippen LogP contribution in [0.4, 0.5) is 0 Å². The molecule has 0 bridgehead atoms. The first kappa shape index (κ1) is 30.7. The fourth-order valence-electron chi connectivity index (χ4n) is 7.35. The van der Waals surface area contributed by atoms with Crippen molar-refractivity contribution in [2.75, 3.05) is 0 Å². The fourth-order valence-corrected chi connectivity index (χ4v) is 7.35. The highest BCUT2D eigenvalue weighted by Crippen LogP contribution is 2.39. The summed E-state index contributed by atoms with van der Waals surface area (Å²) in [4.78, 5) is 10.4. The Kier molecular flexibility index (Phi) is 7.47. The third-order valence-electron chi connectivity index (χ3n) is 10.1. The van der Waals surface area contributed by atoms with E-state index in [1.807, 2.05) is 36.4 Å². The van der Waals surface area contributed by atoms with Crippen molar-refractivity contribution in [3.8, 4) is 67.3 Å². The van der Waals surface area contributed by atoms with Crippen LogP contribution in [0.1, 0.15) is 0 Å². The molecule has 0 aliphatic carbocycles. The van der Waals surface area contributed by atoms with Crippen LogP contribution in [0.3, 0.4) is 0 Å². The van der Waals surface area contributed by atoms with E-state index < -0.39 is 0 Å². The summed E-state index contributed by atoms with van der Waals surface area (Å²) in [5, 5.41) is 4.54. The molecule has 0 saturated heterocycles. The maximum atomic E-state index is 6.45. The Hall–Kier alpha value is -7.10. The van der Waals surface area contributed by atoms with Crippen LogP contribution in [0.25, 0.3) is 100.0 Å². The molecule has 0 radical (unpaired) electrons. The molecule has 0 aliphatic heterocycles. The second-order valence-corrected chi connectivity index (χ2v) is 13.4. The van der Waals surface area contributed by atoms with Crippen LogP contribution in [0.15, 0.2) is 199 Å². The fraction of sp³-hybridized carbons (Fsp3) is 0. The molecule has 2 heterocycles. The summed E-state index contributed by atoms with van der Waals surface area (Å²) in [6.07, 6.45) is 0. The first-order chi connectivity index (χ1) is 26.2. The Bertz CT molecular complexity index is 2910. The number of furan rings is 1. The third kappa shape index (κ3) is 5.75. The quantitative estimate of drug-likeness (QED) is 0.176. The molecule has 3 nitrogen and oxygen atoms in total. The van der Waals surface area contributed by atoms with Gasteiger partial charge in [-0.3, -0.25) is 0 Å². The molecule has 0 saturated carbocycles. The van der Waals surface area contributed by atoms with E-state index in [0.29, 0.717) is 5.82 Å². The van der Waals surface area contributed by atoms with Gasteiger partial charge in [0, 0.05) is 27.5 Å². The molecule has 0 amide bonds. The number of aromatic nitrogens is 2. The van der Waals surface area contributed by atoms with E-state index in [9.17, 15) is 0 Å². The first-order valence-corrected chi connectivity index (χ1v) is 17.9. The van der Waals surface area contributed by atoms with E-state index in [1.54, 1.807) is 0 Å². The van der Waals surface area contributed by atoms with E-state index in [0.717, 1.165) is 61.1 Å². The third-order valence-corrected chi connectivity index (χ3v) is 10.1. The summed E-state index contributed by atoms with van der Waals surface area (Å²) in [6, 6.07) is 68.0. The van der Waals surface area contributed by atoms with Crippen molar-refractivity contribution < 1.29 is 4.42 Å². The Morgan fingerprint density at radius 3 is 1.53 bits per heavy atom. The lowest BCUT2D eigenvalue weighted by Gasteiger charge is -2.11.